The first-order valence-corrected chi connectivity index (χ1v) is 7.70. The number of carbonyl (C=O) groups is 2. The molecule has 1 saturated carbocycles. The van der Waals surface area contributed by atoms with Gasteiger partial charge in [-0.1, -0.05) is 25.7 Å². The smallest absolute Gasteiger partial charge is 0.305 e. The Balaban J connectivity index is 1.72. The topological polar surface area (TPSA) is 75.6 Å². The van der Waals surface area contributed by atoms with Crippen molar-refractivity contribution >= 4 is 11.9 Å². The second kappa shape index (κ2) is 7.07. The maximum Gasteiger partial charge on any atom is 0.305 e. The maximum absolute atomic E-state index is 12.0. The lowest BCUT2D eigenvalue weighted by molar-refractivity contribution is -0.139. The van der Waals surface area contributed by atoms with Crippen molar-refractivity contribution in [3.8, 4) is 0 Å². The number of hydrogen-bond acceptors (Lipinski definition) is 3. The molecule has 0 spiro atoms. The Bertz CT molecular complexity index is 344. The van der Waals surface area contributed by atoms with Gasteiger partial charge >= 0.3 is 5.97 Å². The minimum absolute atomic E-state index is 0.0326. The summed E-state index contributed by atoms with van der Waals surface area (Å²) < 4.78 is 5.27. The fourth-order valence-corrected chi connectivity index (χ4v) is 3.39. The zero-order valence-corrected chi connectivity index (χ0v) is 12.0. The van der Waals surface area contributed by atoms with Crippen LogP contribution in [0.2, 0.25) is 0 Å². The van der Waals surface area contributed by atoms with Crippen LogP contribution in [0.15, 0.2) is 0 Å². The molecule has 0 aromatic carbocycles. The molecule has 2 N–H and O–H groups in total. The van der Waals surface area contributed by atoms with Crippen molar-refractivity contribution in [2.75, 3.05) is 13.2 Å². The molecule has 0 bridgehead atoms. The molecule has 5 heteroatoms. The van der Waals surface area contributed by atoms with Crippen molar-refractivity contribution in [1.82, 2.24) is 5.32 Å². The first-order valence-electron chi connectivity index (χ1n) is 7.70. The Hall–Kier alpha value is -1.10. The van der Waals surface area contributed by atoms with Gasteiger partial charge in [-0.15, -0.1) is 0 Å². The van der Waals surface area contributed by atoms with Crippen LogP contribution in [0, 0.1) is 5.92 Å². The summed E-state index contributed by atoms with van der Waals surface area (Å²) in [5, 5.41) is 11.9. The first kappa shape index (κ1) is 15.3. The number of carboxylic acids is 1. The highest BCUT2D eigenvalue weighted by Gasteiger charge is 2.38. The Morgan fingerprint density at radius 1 is 1.30 bits per heavy atom. The van der Waals surface area contributed by atoms with E-state index >= 15 is 0 Å². The lowest BCUT2D eigenvalue weighted by Crippen LogP contribution is -2.50. The van der Waals surface area contributed by atoms with Crippen LogP contribution in [-0.2, 0) is 14.3 Å². The van der Waals surface area contributed by atoms with Gasteiger partial charge in [-0.2, -0.15) is 0 Å². The van der Waals surface area contributed by atoms with Crippen LogP contribution in [0.5, 0.6) is 0 Å². The molecule has 1 aliphatic heterocycles. The second-order valence-corrected chi connectivity index (χ2v) is 6.24. The van der Waals surface area contributed by atoms with E-state index in [2.05, 4.69) is 5.32 Å². The van der Waals surface area contributed by atoms with Crippen molar-refractivity contribution in [2.24, 2.45) is 5.92 Å². The van der Waals surface area contributed by atoms with Crippen LogP contribution in [0.1, 0.15) is 57.8 Å². The predicted molar refractivity (Wildman–Crippen MR) is 74.4 cm³/mol. The third-order valence-electron chi connectivity index (χ3n) is 4.49. The fourth-order valence-electron chi connectivity index (χ4n) is 3.39. The summed E-state index contributed by atoms with van der Waals surface area (Å²) in [5.74, 6) is -0.123. The third kappa shape index (κ3) is 4.47. The lowest BCUT2D eigenvalue weighted by atomic mass is 9.93. The Kier molecular flexibility index (Phi) is 5.40. The Morgan fingerprint density at radius 3 is 2.65 bits per heavy atom. The number of aliphatic carboxylic acids is 1. The molecule has 5 nitrogen and oxygen atoms in total. The van der Waals surface area contributed by atoms with E-state index in [-0.39, 0.29) is 12.3 Å². The van der Waals surface area contributed by atoms with Gasteiger partial charge in [0.15, 0.2) is 0 Å². The van der Waals surface area contributed by atoms with Gasteiger partial charge in [0.1, 0.15) is 0 Å². The molecule has 0 radical (unpaired) electrons. The average Bonchev–Trinajstić information content (AvgIpc) is 3.00. The summed E-state index contributed by atoms with van der Waals surface area (Å²) in [7, 11) is 0. The van der Waals surface area contributed by atoms with Crippen molar-refractivity contribution in [3.63, 3.8) is 0 Å². The Labute approximate surface area is 120 Å². The monoisotopic (exact) mass is 283 g/mol. The number of hydrogen-bond donors (Lipinski definition) is 2. The van der Waals surface area contributed by atoms with Crippen LogP contribution in [0.3, 0.4) is 0 Å². The normalized spacial score (nSPS) is 26.8. The van der Waals surface area contributed by atoms with Crippen molar-refractivity contribution < 1.29 is 19.4 Å². The first-order chi connectivity index (χ1) is 9.60. The van der Waals surface area contributed by atoms with Crippen LogP contribution in [0.25, 0.3) is 0 Å². The molecule has 1 saturated heterocycles. The molecule has 20 heavy (non-hydrogen) atoms. The molecular formula is C15H25NO4. The molecule has 1 heterocycles. The molecule has 1 aliphatic carbocycles. The quantitative estimate of drug-likeness (QED) is 0.750. The molecule has 2 rings (SSSR count). The summed E-state index contributed by atoms with van der Waals surface area (Å²) in [4.78, 5) is 22.9. The van der Waals surface area contributed by atoms with Gasteiger partial charge in [0.05, 0.1) is 18.6 Å². The van der Waals surface area contributed by atoms with Gasteiger partial charge in [0.2, 0.25) is 5.91 Å². The van der Waals surface area contributed by atoms with E-state index in [9.17, 15) is 9.59 Å². The molecule has 1 atom stereocenters. The van der Waals surface area contributed by atoms with Crippen molar-refractivity contribution in [2.45, 2.75) is 63.3 Å². The molecular weight excluding hydrogens is 258 g/mol. The van der Waals surface area contributed by atoms with Gasteiger partial charge in [0, 0.05) is 13.0 Å². The van der Waals surface area contributed by atoms with E-state index in [1.165, 1.54) is 25.7 Å². The maximum atomic E-state index is 12.0. The van der Waals surface area contributed by atoms with Gasteiger partial charge in [-0.3, -0.25) is 9.59 Å². The standard InChI is InChI=1S/C15H25NO4/c17-13(7-3-6-12-4-1-2-5-12)16-15(10-14(18)19)8-9-20-11-15/h12H,1-11H2,(H,16,17)(H,18,19). The van der Waals surface area contributed by atoms with E-state index in [1.54, 1.807) is 0 Å². The highest BCUT2D eigenvalue weighted by atomic mass is 16.5. The Morgan fingerprint density at radius 2 is 2.05 bits per heavy atom. The van der Waals surface area contributed by atoms with Crippen LogP contribution in [0.4, 0.5) is 0 Å². The van der Waals surface area contributed by atoms with Gasteiger partial charge in [-0.05, 0) is 25.2 Å². The van der Waals surface area contributed by atoms with E-state index in [4.69, 9.17) is 9.84 Å². The van der Waals surface area contributed by atoms with Crippen molar-refractivity contribution in [3.05, 3.63) is 0 Å². The largest absolute Gasteiger partial charge is 0.481 e. The van der Waals surface area contributed by atoms with Crippen LogP contribution in [-0.4, -0.2) is 35.7 Å². The zero-order valence-electron chi connectivity index (χ0n) is 12.0. The number of ether oxygens (including phenoxy) is 1. The number of rotatable bonds is 7. The molecule has 0 aromatic heterocycles. The number of carboxylic acid groups (broad SMARTS) is 1. The lowest BCUT2D eigenvalue weighted by Gasteiger charge is -2.27. The third-order valence-corrected chi connectivity index (χ3v) is 4.49. The molecule has 114 valence electrons. The fraction of sp³-hybridized carbons (Fsp3) is 0.867. The number of nitrogens with one attached hydrogen (secondary N) is 1. The van der Waals surface area contributed by atoms with Crippen LogP contribution >= 0.6 is 0 Å². The zero-order chi connectivity index (χ0) is 14.4. The predicted octanol–water partition coefficient (Wildman–Crippen LogP) is 2.10. The molecule has 0 aromatic rings. The molecule has 2 aliphatic rings. The van der Waals surface area contributed by atoms with Gasteiger partial charge in [0.25, 0.3) is 0 Å². The highest BCUT2D eigenvalue weighted by Crippen LogP contribution is 2.29. The molecule has 1 unspecified atom stereocenters. The summed E-state index contributed by atoms with van der Waals surface area (Å²) in [5.41, 5.74) is -0.684. The van der Waals surface area contributed by atoms with E-state index in [1.807, 2.05) is 0 Å². The summed E-state index contributed by atoms with van der Waals surface area (Å²) >= 11 is 0. The summed E-state index contributed by atoms with van der Waals surface area (Å²) in [6.45, 7) is 0.837. The highest BCUT2D eigenvalue weighted by molar-refractivity contribution is 5.78. The van der Waals surface area contributed by atoms with Gasteiger partial charge in [-0.25, -0.2) is 0 Å². The van der Waals surface area contributed by atoms with E-state index < -0.39 is 11.5 Å². The average molecular weight is 283 g/mol. The van der Waals surface area contributed by atoms with E-state index in [0.29, 0.717) is 26.1 Å². The SMILES string of the molecule is O=C(O)CC1(NC(=O)CCCC2CCCC2)CCOC1. The number of carbonyl (C=O) groups excluding carboxylic acids is 1. The minimum Gasteiger partial charge on any atom is -0.481 e. The molecule has 1 amide bonds. The second-order valence-electron chi connectivity index (χ2n) is 6.24. The van der Waals surface area contributed by atoms with E-state index in [0.717, 1.165) is 18.8 Å². The van der Waals surface area contributed by atoms with Crippen LogP contribution < -0.4 is 5.32 Å². The number of amides is 1. The summed E-state index contributed by atoms with van der Waals surface area (Å²) in [6, 6.07) is 0. The minimum atomic E-state index is -0.887. The van der Waals surface area contributed by atoms with Crippen molar-refractivity contribution in [1.29, 1.82) is 0 Å². The molecule has 2 fully saturated rings. The van der Waals surface area contributed by atoms with Gasteiger partial charge < -0.3 is 15.2 Å². The summed E-state index contributed by atoms with van der Waals surface area (Å²) in [6.07, 6.45) is 8.33.